The smallest absolute Gasteiger partial charge is 0.271 e. The highest BCUT2D eigenvalue weighted by Crippen LogP contribution is 2.38. The first-order valence-corrected chi connectivity index (χ1v) is 6.99. The minimum atomic E-state index is -0.511. The number of carbonyl (C=O) groups is 3. The number of thioether (sulfide) groups is 1. The van der Waals surface area contributed by atoms with Crippen LogP contribution in [0.25, 0.3) is 0 Å². The summed E-state index contributed by atoms with van der Waals surface area (Å²) in [5, 5.41) is 2.17. The number of nitrogens with one attached hydrogen (secondary N) is 1. The van der Waals surface area contributed by atoms with Crippen LogP contribution in [0, 0.1) is 0 Å². The molecule has 20 heavy (non-hydrogen) atoms. The van der Waals surface area contributed by atoms with Crippen LogP contribution in [0.1, 0.15) is 6.42 Å². The highest BCUT2D eigenvalue weighted by molar-refractivity contribution is 8.27. The molecule has 5 nitrogen and oxygen atoms in total. The molecule has 2 heterocycles. The van der Waals surface area contributed by atoms with Gasteiger partial charge in [-0.3, -0.25) is 24.6 Å². The molecule has 0 atom stereocenters. The zero-order valence-electron chi connectivity index (χ0n) is 10.1. The summed E-state index contributed by atoms with van der Waals surface area (Å²) < 4.78 is 0.357. The number of benzene rings is 1. The summed E-state index contributed by atoms with van der Waals surface area (Å²) in [6, 6.07) is 8.96. The Bertz CT molecular complexity index is 682. The third-order valence-electron chi connectivity index (χ3n) is 2.92. The van der Waals surface area contributed by atoms with Gasteiger partial charge in [-0.2, -0.15) is 0 Å². The van der Waals surface area contributed by atoms with E-state index < -0.39 is 11.8 Å². The van der Waals surface area contributed by atoms with E-state index in [-0.39, 0.29) is 22.8 Å². The quantitative estimate of drug-likeness (QED) is 0.482. The molecule has 1 N–H and O–H groups in total. The van der Waals surface area contributed by atoms with Crippen molar-refractivity contribution < 1.29 is 14.4 Å². The van der Waals surface area contributed by atoms with Gasteiger partial charge in [0.15, 0.2) is 4.32 Å². The summed E-state index contributed by atoms with van der Waals surface area (Å²) in [6.07, 6.45) is -0.0713. The molecule has 0 aliphatic carbocycles. The van der Waals surface area contributed by atoms with Crippen LogP contribution in [0.15, 0.2) is 40.8 Å². The first-order valence-electron chi connectivity index (χ1n) is 5.76. The molecule has 7 heteroatoms. The van der Waals surface area contributed by atoms with Crippen LogP contribution in [0.2, 0.25) is 0 Å². The molecule has 100 valence electrons. The Morgan fingerprint density at radius 3 is 2.45 bits per heavy atom. The molecule has 2 fully saturated rings. The summed E-state index contributed by atoms with van der Waals surface area (Å²) in [4.78, 5) is 36.9. The summed E-state index contributed by atoms with van der Waals surface area (Å²) in [5.74, 6) is -1.26. The number of para-hydroxylation sites is 1. The Morgan fingerprint density at radius 1 is 1.15 bits per heavy atom. The Balaban J connectivity index is 2.02. The number of anilines is 1. The van der Waals surface area contributed by atoms with E-state index in [4.69, 9.17) is 12.2 Å². The highest BCUT2D eigenvalue weighted by Gasteiger charge is 2.39. The number of imide groups is 1. The van der Waals surface area contributed by atoms with Gasteiger partial charge in [0, 0.05) is 5.57 Å². The molecular weight excluding hydrogens is 296 g/mol. The minimum Gasteiger partial charge on any atom is -0.292 e. The van der Waals surface area contributed by atoms with Crippen molar-refractivity contribution in [3.8, 4) is 0 Å². The van der Waals surface area contributed by atoms with Crippen molar-refractivity contribution in [1.29, 1.82) is 0 Å². The lowest BCUT2D eigenvalue weighted by atomic mass is 10.2. The second-order valence-corrected chi connectivity index (χ2v) is 5.85. The zero-order valence-corrected chi connectivity index (χ0v) is 11.7. The Kier molecular flexibility index (Phi) is 3.15. The Labute approximate surface area is 124 Å². The zero-order chi connectivity index (χ0) is 14.3. The van der Waals surface area contributed by atoms with Crippen LogP contribution in [0.3, 0.4) is 0 Å². The molecule has 0 saturated carbocycles. The fraction of sp³-hybridized carbons (Fsp3) is 0.0769. The fourth-order valence-electron chi connectivity index (χ4n) is 2.02. The summed E-state index contributed by atoms with van der Waals surface area (Å²) in [5.41, 5.74) is 0.848. The number of hydrogen-bond donors (Lipinski definition) is 1. The van der Waals surface area contributed by atoms with Crippen molar-refractivity contribution in [2.75, 3.05) is 4.90 Å². The summed E-state index contributed by atoms with van der Waals surface area (Å²) >= 11 is 6.25. The topological polar surface area (TPSA) is 66.5 Å². The third kappa shape index (κ3) is 2.04. The van der Waals surface area contributed by atoms with Gasteiger partial charge >= 0.3 is 0 Å². The predicted molar refractivity (Wildman–Crippen MR) is 78.9 cm³/mol. The SMILES string of the molecule is O=C1C/C(=C2\SC(=S)N(c3ccccc3)C2=O)C(=O)N1. The van der Waals surface area contributed by atoms with Crippen molar-refractivity contribution in [2.24, 2.45) is 0 Å². The molecule has 2 saturated heterocycles. The number of hydrogen-bond acceptors (Lipinski definition) is 5. The van der Waals surface area contributed by atoms with E-state index >= 15 is 0 Å². The highest BCUT2D eigenvalue weighted by atomic mass is 32.2. The van der Waals surface area contributed by atoms with Crippen LogP contribution in [0.5, 0.6) is 0 Å². The molecule has 0 radical (unpaired) electrons. The molecule has 1 aromatic carbocycles. The first kappa shape index (κ1) is 13.0. The summed E-state index contributed by atoms with van der Waals surface area (Å²) in [7, 11) is 0. The van der Waals surface area contributed by atoms with Crippen LogP contribution in [0.4, 0.5) is 5.69 Å². The lowest BCUT2D eigenvalue weighted by Crippen LogP contribution is -2.28. The number of amides is 3. The maximum Gasteiger partial charge on any atom is 0.271 e. The summed E-state index contributed by atoms with van der Waals surface area (Å²) in [6.45, 7) is 0. The fourth-order valence-corrected chi connectivity index (χ4v) is 3.38. The maximum absolute atomic E-state index is 12.4. The molecule has 2 aliphatic heterocycles. The first-order chi connectivity index (χ1) is 9.58. The van der Waals surface area contributed by atoms with E-state index in [1.165, 1.54) is 4.90 Å². The number of nitrogens with zero attached hydrogens (tertiary/aromatic N) is 1. The lowest BCUT2D eigenvalue weighted by molar-refractivity contribution is -0.124. The van der Waals surface area contributed by atoms with E-state index in [9.17, 15) is 14.4 Å². The average molecular weight is 304 g/mol. The van der Waals surface area contributed by atoms with Crippen molar-refractivity contribution in [1.82, 2.24) is 5.32 Å². The molecular formula is C13H8N2O3S2. The molecule has 0 spiro atoms. The predicted octanol–water partition coefficient (Wildman–Crippen LogP) is 1.35. The molecule has 2 aliphatic rings. The molecule has 0 unspecified atom stereocenters. The van der Waals surface area contributed by atoms with Gasteiger partial charge in [0.2, 0.25) is 5.91 Å². The van der Waals surface area contributed by atoms with Gasteiger partial charge in [0.1, 0.15) is 0 Å². The van der Waals surface area contributed by atoms with Crippen LogP contribution >= 0.6 is 24.0 Å². The monoisotopic (exact) mass is 304 g/mol. The second kappa shape index (κ2) is 4.84. The minimum absolute atomic E-state index is 0.0713. The Hall–Kier alpha value is -1.99. The van der Waals surface area contributed by atoms with E-state index in [0.29, 0.717) is 10.0 Å². The maximum atomic E-state index is 12.4. The molecule has 1 aromatic rings. The second-order valence-electron chi connectivity index (χ2n) is 4.21. The molecule has 0 aromatic heterocycles. The van der Waals surface area contributed by atoms with Crippen molar-refractivity contribution in [2.45, 2.75) is 6.42 Å². The van der Waals surface area contributed by atoms with Gasteiger partial charge in [-0.15, -0.1) is 0 Å². The van der Waals surface area contributed by atoms with Gasteiger partial charge in [-0.05, 0) is 12.1 Å². The number of thiocarbonyl (C=S) groups is 1. The number of rotatable bonds is 1. The number of carbonyl (C=O) groups excluding carboxylic acids is 3. The van der Waals surface area contributed by atoms with Gasteiger partial charge in [-0.1, -0.05) is 42.2 Å². The van der Waals surface area contributed by atoms with E-state index in [1.807, 2.05) is 6.07 Å². The van der Waals surface area contributed by atoms with Gasteiger partial charge in [-0.25, -0.2) is 0 Å². The average Bonchev–Trinajstić information content (AvgIpc) is 2.90. The normalized spacial score (nSPS) is 22.7. The third-order valence-corrected chi connectivity index (χ3v) is 4.34. The van der Waals surface area contributed by atoms with Gasteiger partial charge < -0.3 is 0 Å². The van der Waals surface area contributed by atoms with E-state index in [2.05, 4.69) is 5.32 Å². The van der Waals surface area contributed by atoms with Crippen LogP contribution < -0.4 is 10.2 Å². The Morgan fingerprint density at radius 2 is 1.85 bits per heavy atom. The van der Waals surface area contributed by atoms with Crippen molar-refractivity contribution in [3.05, 3.63) is 40.8 Å². The standard InChI is InChI=1S/C13H8N2O3S2/c16-9-6-8(11(17)14-9)10-12(18)15(13(19)20-10)7-4-2-1-3-5-7/h1-5H,6H2,(H,14,16,17)/b10-8+. The van der Waals surface area contributed by atoms with E-state index in [1.54, 1.807) is 24.3 Å². The van der Waals surface area contributed by atoms with Gasteiger partial charge in [0.25, 0.3) is 11.8 Å². The van der Waals surface area contributed by atoms with Crippen LogP contribution in [-0.2, 0) is 14.4 Å². The lowest BCUT2D eigenvalue weighted by Gasteiger charge is -2.13. The molecule has 3 amide bonds. The largest absolute Gasteiger partial charge is 0.292 e. The van der Waals surface area contributed by atoms with Crippen LogP contribution in [-0.4, -0.2) is 22.0 Å². The van der Waals surface area contributed by atoms with Gasteiger partial charge in [0.05, 0.1) is 17.0 Å². The van der Waals surface area contributed by atoms with Crippen molar-refractivity contribution in [3.63, 3.8) is 0 Å². The molecule has 3 rings (SSSR count). The molecule has 0 bridgehead atoms. The van der Waals surface area contributed by atoms with Crippen molar-refractivity contribution >= 4 is 51.7 Å². The van der Waals surface area contributed by atoms with E-state index in [0.717, 1.165) is 11.8 Å².